The first-order chi connectivity index (χ1) is 15.9. The van der Waals surface area contributed by atoms with Crippen molar-refractivity contribution in [3.05, 3.63) is 35.5 Å². The number of benzene rings is 1. The van der Waals surface area contributed by atoms with Gasteiger partial charge in [0.05, 0.1) is 12.1 Å². The van der Waals surface area contributed by atoms with Crippen LogP contribution in [0.25, 0.3) is 10.9 Å². The van der Waals surface area contributed by atoms with Crippen molar-refractivity contribution in [2.45, 2.75) is 88.7 Å². The largest absolute Gasteiger partial charge is 0.381 e. The summed E-state index contributed by atoms with van der Waals surface area (Å²) < 4.78 is 6.09. The van der Waals surface area contributed by atoms with E-state index >= 15 is 0 Å². The Labute approximate surface area is 201 Å². The van der Waals surface area contributed by atoms with Crippen LogP contribution in [0.2, 0.25) is 5.02 Å². The molecule has 1 aromatic carbocycles. The summed E-state index contributed by atoms with van der Waals surface area (Å²) in [5, 5.41) is 9.58. The van der Waals surface area contributed by atoms with Gasteiger partial charge in [0, 0.05) is 53.8 Å². The monoisotopic (exact) mass is 473 g/mol. The van der Waals surface area contributed by atoms with Crippen molar-refractivity contribution in [3.63, 3.8) is 0 Å². The lowest BCUT2D eigenvalue weighted by atomic mass is 9.83. The van der Waals surface area contributed by atoms with Gasteiger partial charge in [0.25, 0.3) is 0 Å². The fourth-order valence-corrected chi connectivity index (χ4v) is 5.60. The molecule has 2 saturated carbocycles. The van der Waals surface area contributed by atoms with Crippen molar-refractivity contribution < 1.29 is 14.5 Å². The van der Waals surface area contributed by atoms with Crippen LogP contribution >= 0.6 is 11.6 Å². The highest BCUT2D eigenvalue weighted by atomic mass is 35.5. The zero-order valence-corrected chi connectivity index (χ0v) is 20.5. The van der Waals surface area contributed by atoms with Crippen LogP contribution in [0.3, 0.4) is 0 Å². The number of pyridine rings is 1. The molecule has 2 N–H and O–H groups in total. The van der Waals surface area contributed by atoms with E-state index in [-0.39, 0.29) is 5.60 Å². The topological polar surface area (TPSA) is 64.6 Å². The molecular weight excluding hydrogens is 438 g/mol. The zero-order chi connectivity index (χ0) is 22.9. The van der Waals surface area contributed by atoms with Crippen molar-refractivity contribution in [2.24, 2.45) is 5.92 Å². The number of hydrogen-bond donors (Lipinski definition) is 2. The summed E-state index contributed by atoms with van der Waals surface area (Å²) in [7, 11) is 0. The number of hydrogen-bond acceptors (Lipinski definition) is 6. The predicted octanol–water partition coefficient (Wildman–Crippen LogP) is 5.84. The number of anilines is 1. The molecule has 2 heterocycles. The van der Waals surface area contributed by atoms with Gasteiger partial charge in [-0.3, -0.25) is 4.98 Å². The fourth-order valence-electron chi connectivity index (χ4n) is 5.44. The number of aromatic nitrogens is 1. The second kappa shape index (κ2) is 9.67. The van der Waals surface area contributed by atoms with E-state index in [4.69, 9.17) is 26.1 Å². The SMILES string of the molecule is CC1(C)COC2(CCC(NCC3CCCCC3Nc3ccnc4cc(Cl)ccc34)CC2)OO1. The summed E-state index contributed by atoms with van der Waals surface area (Å²) in [6, 6.07) is 9.00. The smallest absolute Gasteiger partial charge is 0.201 e. The molecule has 5 rings (SSSR count). The Morgan fingerprint density at radius 2 is 1.88 bits per heavy atom. The summed E-state index contributed by atoms with van der Waals surface area (Å²) in [6.45, 7) is 5.60. The lowest BCUT2D eigenvalue weighted by Gasteiger charge is -2.45. The Hall–Kier alpha value is -1.44. The van der Waals surface area contributed by atoms with Crippen LogP contribution in [0, 0.1) is 5.92 Å². The highest BCUT2D eigenvalue weighted by Crippen LogP contribution is 2.38. The number of halogens is 1. The Morgan fingerprint density at radius 3 is 2.67 bits per heavy atom. The van der Waals surface area contributed by atoms with Gasteiger partial charge < -0.3 is 15.4 Å². The summed E-state index contributed by atoms with van der Waals surface area (Å²) in [6.07, 6.45) is 10.7. The molecule has 1 aromatic heterocycles. The number of rotatable bonds is 5. The third kappa shape index (κ3) is 5.46. The Morgan fingerprint density at radius 1 is 1.06 bits per heavy atom. The fraction of sp³-hybridized carbons (Fsp3) is 0.654. The third-order valence-electron chi connectivity index (χ3n) is 7.47. The first-order valence-electron chi connectivity index (χ1n) is 12.5. The zero-order valence-electron chi connectivity index (χ0n) is 19.7. The number of fused-ring (bicyclic) bond motifs is 1. The lowest BCUT2D eigenvalue weighted by molar-refractivity contribution is -0.511. The summed E-state index contributed by atoms with van der Waals surface area (Å²) >= 11 is 6.17. The molecule has 1 spiro atoms. The van der Waals surface area contributed by atoms with E-state index in [9.17, 15) is 0 Å². The van der Waals surface area contributed by atoms with Gasteiger partial charge >= 0.3 is 0 Å². The maximum absolute atomic E-state index is 6.17. The van der Waals surface area contributed by atoms with Gasteiger partial charge in [-0.15, -0.1) is 0 Å². The van der Waals surface area contributed by atoms with Crippen molar-refractivity contribution in [3.8, 4) is 0 Å². The van der Waals surface area contributed by atoms with Crippen molar-refractivity contribution in [1.29, 1.82) is 0 Å². The highest BCUT2D eigenvalue weighted by molar-refractivity contribution is 6.31. The minimum Gasteiger partial charge on any atom is -0.381 e. The molecule has 33 heavy (non-hydrogen) atoms. The maximum Gasteiger partial charge on any atom is 0.201 e. The van der Waals surface area contributed by atoms with E-state index in [0.29, 0.717) is 24.6 Å². The van der Waals surface area contributed by atoms with Gasteiger partial charge in [-0.1, -0.05) is 24.4 Å². The molecule has 180 valence electrons. The average Bonchev–Trinajstić information content (AvgIpc) is 2.82. The molecule has 2 unspecified atom stereocenters. The minimum absolute atomic E-state index is 0.365. The number of ether oxygens (including phenoxy) is 1. The molecule has 6 nitrogen and oxygen atoms in total. The number of nitrogens with one attached hydrogen (secondary N) is 2. The van der Waals surface area contributed by atoms with E-state index in [1.165, 1.54) is 25.7 Å². The van der Waals surface area contributed by atoms with E-state index in [2.05, 4.69) is 27.8 Å². The Balaban J connectivity index is 1.16. The van der Waals surface area contributed by atoms with Crippen LogP contribution < -0.4 is 10.6 Å². The van der Waals surface area contributed by atoms with E-state index in [0.717, 1.165) is 53.8 Å². The third-order valence-corrected chi connectivity index (χ3v) is 7.71. The molecule has 1 aliphatic heterocycles. The van der Waals surface area contributed by atoms with Crippen molar-refractivity contribution >= 4 is 28.2 Å². The minimum atomic E-state index is -0.548. The quantitative estimate of drug-likeness (QED) is 0.531. The molecule has 2 aliphatic carbocycles. The van der Waals surface area contributed by atoms with Gasteiger partial charge in [-0.2, -0.15) is 0 Å². The maximum atomic E-state index is 6.17. The second-order valence-electron chi connectivity index (χ2n) is 10.6. The molecule has 1 saturated heterocycles. The molecule has 0 amide bonds. The first-order valence-corrected chi connectivity index (χ1v) is 12.8. The van der Waals surface area contributed by atoms with Gasteiger partial charge in [-0.05, 0) is 69.7 Å². The molecule has 2 atom stereocenters. The Kier molecular flexibility index (Phi) is 6.83. The molecule has 0 radical (unpaired) electrons. The van der Waals surface area contributed by atoms with Crippen LogP contribution in [0.5, 0.6) is 0 Å². The lowest BCUT2D eigenvalue weighted by Crippen LogP contribution is -2.53. The average molecular weight is 474 g/mol. The van der Waals surface area contributed by atoms with Crippen LogP contribution in [0.1, 0.15) is 65.2 Å². The summed E-state index contributed by atoms with van der Waals surface area (Å²) in [4.78, 5) is 15.8. The standard InChI is InChI=1S/C26H36ClN3O3/c1-25(2)17-31-26(33-32-25)12-9-20(10-13-26)29-16-18-5-3-4-6-22(18)30-23-11-14-28-24-15-19(27)7-8-21(23)24/h7-8,11,14-15,18,20,22,29H,3-6,9-10,12-13,16-17H2,1-2H3,(H,28,30). The first kappa shape index (κ1) is 23.3. The Bertz CT molecular complexity index is 949. The summed E-state index contributed by atoms with van der Waals surface area (Å²) in [5.74, 6) is 0.0601. The highest BCUT2D eigenvalue weighted by Gasteiger charge is 2.45. The molecule has 0 bridgehead atoms. The van der Waals surface area contributed by atoms with Gasteiger partial charge in [0.1, 0.15) is 5.60 Å². The molecule has 3 aliphatic rings. The van der Waals surface area contributed by atoms with Gasteiger partial charge in [-0.25, -0.2) is 9.78 Å². The van der Waals surface area contributed by atoms with Crippen LogP contribution in [-0.4, -0.2) is 41.6 Å². The normalized spacial score (nSPS) is 32.2. The van der Waals surface area contributed by atoms with Crippen molar-refractivity contribution in [1.82, 2.24) is 10.3 Å². The van der Waals surface area contributed by atoms with E-state index in [1.807, 2.05) is 32.2 Å². The van der Waals surface area contributed by atoms with Crippen LogP contribution in [0.4, 0.5) is 5.69 Å². The van der Waals surface area contributed by atoms with Gasteiger partial charge in [0.2, 0.25) is 5.79 Å². The summed E-state index contributed by atoms with van der Waals surface area (Å²) in [5.41, 5.74) is 1.73. The van der Waals surface area contributed by atoms with E-state index in [1.54, 1.807) is 0 Å². The van der Waals surface area contributed by atoms with E-state index < -0.39 is 5.79 Å². The van der Waals surface area contributed by atoms with Gasteiger partial charge in [0.15, 0.2) is 0 Å². The molecule has 2 aromatic rings. The van der Waals surface area contributed by atoms with Crippen molar-refractivity contribution in [2.75, 3.05) is 18.5 Å². The van der Waals surface area contributed by atoms with Crippen LogP contribution in [0.15, 0.2) is 30.5 Å². The second-order valence-corrected chi connectivity index (χ2v) is 11.1. The molecule has 7 heteroatoms. The number of nitrogens with zero attached hydrogens (tertiary/aromatic N) is 1. The predicted molar refractivity (Wildman–Crippen MR) is 131 cm³/mol. The molecular formula is C26H36ClN3O3. The van der Waals surface area contributed by atoms with Crippen LogP contribution in [-0.2, 0) is 14.5 Å². The molecule has 3 fully saturated rings.